The van der Waals surface area contributed by atoms with Gasteiger partial charge in [-0.3, -0.25) is 4.79 Å². The van der Waals surface area contributed by atoms with Gasteiger partial charge in [0.2, 0.25) is 0 Å². The number of hydrogen-bond donors (Lipinski definition) is 4. The average Bonchev–Trinajstić information content (AvgIpc) is 3.11. The fraction of sp³-hybridized carbons (Fsp3) is 0.486. The number of rotatable bonds is 8. The van der Waals surface area contributed by atoms with Gasteiger partial charge < -0.3 is 36.6 Å². The number of hydrogen-bond acceptors (Lipinski definition) is 8. The molecule has 0 aromatic heterocycles. The second-order valence-electron chi connectivity index (χ2n) is 10.8. The van der Waals surface area contributed by atoms with E-state index >= 15 is 0 Å². The molecule has 2 aliphatic rings. The maximum Gasteiger partial charge on any atom is 0.253 e. The number of nitrogen functional groups attached to an aromatic ring is 1. The Hall–Kier alpha value is -3.73. The van der Waals surface area contributed by atoms with E-state index in [1.165, 1.54) is 31.5 Å². The minimum Gasteiger partial charge on any atom is -0.398 e. The third-order valence-electron chi connectivity index (χ3n) is 7.35. The number of ether oxygens (including phenoxy) is 1. The molecule has 47 heavy (non-hydrogen) atoms. The quantitative estimate of drug-likeness (QED) is 0.148. The van der Waals surface area contributed by atoms with E-state index in [1.54, 1.807) is 0 Å². The van der Waals surface area contributed by atoms with Crippen LogP contribution >= 0.6 is 0 Å². The maximum absolute atomic E-state index is 13.0. The molecule has 0 unspecified atom stereocenters. The third kappa shape index (κ3) is 14.3. The number of carbonyl (C=O) groups is 2. The van der Waals surface area contributed by atoms with Crippen LogP contribution in [0, 0.1) is 12.3 Å². The van der Waals surface area contributed by atoms with Crippen LogP contribution in [0.5, 0.6) is 0 Å². The monoisotopic (exact) mass is 647 g/mol. The first-order valence-electron chi connectivity index (χ1n) is 16.7. The summed E-state index contributed by atoms with van der Waals surface area (Å²) in [7, 11) is 0.750. The number of nitrogens with zero attached hydrogens (tertiary/aromatic N) is 1. The van der Waals surface area contributed by atoms with Crippen molar-refractivity contribution >= 4 is 42.9 Å². The number of unbranched alkanes of at least 4 members (excludes halogenated alkanes) is 2. The Kier molecular flexibility index (Phi) is 24.3. The summed E-state index contributed by atoms with van der Waals surface area (Å²) >= 11 is 0. The Morgan fingerprint density at radius 1 is 1.02 bits per heavy atom. The molecule has 4 rings (SSSR count). The molecule has 0 atom stereocenters. The molecule has 0 aliphatic carbocycles. The zero-order chi connectivity index (χ0) is 35.6. The van der Waals surface area contributed by atoms with Crippen LogP contribution in [0.15, 0.2) is 48.0 Å². The van der Waals surface area contributed by atoms with Gasteiger partial charge in [0.1, 0.15) is 6.79 Å². The number of anilines is 1. The topological polar surface area (TPSA) is 152 Å². The summed E-state index contributed by atoms with van der Waals surface area (Å²) in [6.07, 6.45) is 9.03. The second kappa shape index (κ2) is 26.4. The van der Waals surface area contributed by atoms with Crippen LogP contribution in [-0.2, 0) is 14.2 Å². The van der Waals surface area contributed by atoms with Gasteiger partial charge in [0.25, 0.3) is 5.91 Å². The van der Waals surface area contributed by atoms with Crippen molar-refractivity contribution in [3.63, 3.8) is 0 Å². The Labute approximate surface area is 284 Å². The molecule has 1 fully saturated rings. The van der Waals surface area contributed by atoms with Crippen LogP contribution in [0.25, 0.3) is 11.1 Å². The van der Waals surface area contributed by atoms with Gasteiger partial charge in [0.05, 0.1) is 13.2 Å². The predicted molar refractivity (Wildman–Crippen MR) is 199 cm³/mol. The van der Waals surface area contributed by atoms with E-state index in [0.717, 1.165) is 98.1 Å². The average molecular weight is 648 g/mol. The van der Waals surface area contributed by atoms with Crippen molar-refractivity contribution in [3.05, 3.63) is 75.9 Å². The minimum atomic E-state index is 0.0871. The van der Waals surface area contributed by atoms with Gasteiger partial charge >= 0.3 is 18.7 Å². The van der Waals surface area contributed by atoms with Gasteiger partial charge in [-0.05, 0) is 77.9 Å². The van der Waals surface area contributed by atoms with E-state index in [9.17, 15) is 4.79 Å². The molecule has 258 valence electrons. The van der Waals surface area contributed by atoms with Crippen molar-refractivity contribution in [3.8, 4) is 0 Å². The van der Waals surface area contributed by atoms with E-state index in [2.05, 4.69) is 51.2 Å². The van der Waals surface area contributed by atoms with Gasteiger partial charge in [-0.15, -0.1) is 0 Å². The number of carbonyl (C=O) groups excluding carboxylic acids is 2. The molecule has 2 aromatic carbocycles. The summed E-state index contributed by atoms with van der Waals surface area (Å²) in [4.78, 5) is 22.9. The SMILES string of the molecule is C=O.CB=O.CCC/C=C(/C1=C(c2c(C)ccc(N)c2C=N)CCOC1)c1ccc(C(=O)N2CCNCC2)cc1.CCCC.CCN. The van der Waals surface area contributed by atoms with Gasteiger partial charge in [0.15, 0.2) is 0 Å². The van der Waals surface area contributed by atoms with E-state index in [-0.39, 0.29) is 5.91 Å². The third-order valence-corrected chi connectivity index (χ3v) is 7.35. The first kappa shape index (κ1) is 43.3. The molecule has 0 bridgehead atoms. The minimum absolute atomic E-state index is 0.0871. The van der Waals surface area contributed by atoms with E-state index in [1.807, 2.05) is 42.9 Å². The first-order valence-corrected chi connectivity index (χ1v) is 16.7. The summed E-state index contributed by atoms with van der Waals surface area (Å²) in [5, 5.41) is 11.3. The molecule has 2 aromatic rings. The van der Waals surface area contributed by atoms with E-state index < -0.39 is 0 Å². The van der Waals surface area contributed by atoms with Crippen molar-refractivity contribution in [2.24, 2.45) is 5.73 Å². The summed E-state index contributed by atoms with van der Waals surface area (Å²) < 4.78 is 14.8. The van der Waals surface area contributed by atoms with Gasteiger partial charge in [0, 0.05) is 49.2 Å². The smallest absolute Gasteiger partial charge is 0.253 e. The molecule has 2 heterocycles. The normalized spacial score (nSPS) is 13.9. The van der Waals surface area contributed by atoms with Gasteiger partial charge in [-0.25, -0.2) is 0 Å². The predicted octanol–water partition coefficient (Wildman–Crippen LogP) is 6.35. The van der Waals surface area contributed by atoms with E-state index in [0.29, 0.717) is 18.9 Å². The Morgan fingerprint density at radius 2 is 1.57 bits per heavy atom. The maximum atomic E-state index is 13.0. The Balaban J connectivity index is 0.00000154. The first-order chi connectivity index (χ1) is 22.8. The van der Waals surface area contributed by atoms with Crippen LogP contribution in [-0.4, -0.2) is 76.9 Å². The van der Waals surface area contributed by atoms with Crippen molar-refractivity contribution < 1.29 is 19.0 Å². The fourth-order valence-corrected chi connectivity index (χ4v) is 4.95. The number of aryl methyl sites for hydroxylation is 1. The van der Waals surface area contributed by atoms with Crippen molar-refractivity contribution in [1.29, 1.82) is 5.41 Å². The van der Waals surface area contributed by atoms with Crippen molar-refractivity contribution in [2.45, 2.75) is 73.5 Å². The number of benzene rings is 2. The van der Waals surface area contributed by atoms with Crippen molar-refractivity contribution in [1.82, 2.24) is 10.2 Å². The molecule has 9 nitrogen and oxygen atoms in total. The molecule has 1 saturated heterocycles. The molecular formula is C37H58BN5O4. The van der Waals surface area contributed by atoms with Crippen LogP contribution in [0.3, 0.4) is 0 Å². The second-order valence-corrected chi connectivity index (χ2v) is 10.8. The van der Waals surface area contributed by atoms with Crippen LogP contribution < -0.4 is 16.8 Å². The van der Waals surface area contributed by atoms with Gasteiger partial charge in [-0.2, -0.15) is 0 Å². The molecule has 2 aliphatic heterocycles. The summed E-state index contributed by atoms with van der Waals surface area (Å²) in [6, 6.07) is 11.9. The fourth-order valence-electron chi connectivity index (χ4n) is 4.95. The number of amides is 1. The molecule has 0 radical (unpaired) electrons. The molecule has 0 saturated carbocycles. The molecule has 6 N–H and O–H groups in total. The molecule has 1 amide bonds. The zero-order valence-electron chi connectivity index (χ0n) is 29.6. The zero-order valence-corrected chi connectivity index (χ0v) is 29.6. The number of piperazine rings is 1. The molecule has 0 spiro atoms. The number of allylic oxidation sites excluding steroid dienone is 1. The summed E-state index contributed by atoms with van der Waals surface area (Å²) in [5.74, 6) is 0.0871. The van der Waals surface area contributed by atoms with E-state index in [4.69, 9.17) is 31.1 Å². The largest absolute Gasteiger partial charge is 0.398 e. The number of nitrogens with two attached hydrogens (primary N) is 2. The standard InChI is InChI=1S/C29H36N4O2.C4H10.C2H7N.CH3BO.CH2O/c1-3-4-5-23(21-7-9-22(10-8-21)29(34)33-15-13-32-14-16-33)26-19-35-17-12-24(26)28-20(2)6-11-27(31)25(28)18-30;1-3-4-2;2*1-2-3;1-2/h5-11,18,30,32H,3-4,12-17,19,31H2,1-2H3;3-4H2,1-2H3;2-3H2,1H3;1H3;1H2/b23-5+,30-18?;;;;. The summed E-state index contributed by atoms with van der Waals surface area (Å²) in [5.41, 5.74) is 19.9. The van der Waals surface area contributed by atoms with Crippen LogP contribution in [0.1, 0.15) is 92.4 Å². The molecule has 10 heteroatoms. The van der Waals surface area contributed by atoms with Crippen LogP contribution in [0.2, 0.25) is 6.82 Å². The Morgan fingerprint density at radius 3 is 2.09 bits per heavy atom. The van der Waals surface area contributed by atoms with Crippen LogP contribution in [0.4, 0.5) is 5.69 Å². The van der Waals surface area contributed by atoms with Crippen molar-refractivity contribution in [2.75, 3.05) is 51.7 Å². The summed E-state index contributed by atoms with van der Waals surface area (Å²) in [6.45, 7) is 19.0. The van der Waals surface area contributed by atoms with Gasteiger partial charge in [-0.1, -0.05) is 71.2 Å². The number of nitrogens with one attached hydrogen (secondary N) is 2. The molecular weight excluding hydrogens is 589 g/mol. The Bertz CT molecular complexity index is 1270.